The Labute approximate surface area is 291 Å². The normalized spacial score (nSPS) is 31.3. The summed E-state index contributed by atoms with van der Waals surface area (Å²) in [6, 6.07) is 8.91. The van der Waals surface area contributed by atoms with Crippen LogP contribution in [-0.2, 0) is 19.2 Å². The highest BCUT2D eigenvalue weighted by Crippen LogP contribution is 2.66. The molecule has 6 unspecified atom stereocenters. The lowest BCUT2D eigenvalue weighted by Gasteiger charge is -2.51. The van der Waals surface area contributed by atoms with Gasteiger partial charge < -0.3 is 5.11 Å². The average molecular weight is 734 g/mol. The van der Waals surface area contributed by atoms with Crippen LogP contribution in [0.2, 0.25) is 0 Å². The van der Waals surface area contributed by atoms with Gasteiger partial charge in [-0.3, -0.25) is 24.1 Å². The predicted octanol–water partition coefficient (Wildman–Crippen LogP) is 7.14. The summed E-state index contributed by atoms with van der Waals surface area (Å²) in [5.74, 6) is -20.5. The van der Waals surface area contributed by atoms with Gasteiger partial charge >= 0.3 is 0 Å². The van der Waals surface area contributed by atoms with Gasteiger partial charge in [0.05, 0.1) is 11.8 Å². The molecule has 2 aliphatic heterocycles. The third-order valence-electron chi connectivity index (χ3n) is 11.4. The second kappa shape index (κ2) is 11.2. The van der Waals surface area contributed by atoms with Gasteiger partial charge in [-0.05, 0) is 48.6 Å². The van der Waals surface area contributed by atoms with E-state index in [2.05, 4.69) is 0 Å². The number of benzene rings is 3. The maximum atomic E-state index is 15.3. The third kappa shape index (κ3) is 4.09. The predicted molar refractivity (Wildman–Crippen MR) is 171 cm³/mol. The van der Waals surface area contributed by atoms with Crippen molar-refractivity contribution in [2.45, 2.75) is 66.7 Å². The van der Waals surface area contributed by atoms with Crippen molar-refractivity contribution in [1.29, 1.82) is 0 Å². The third-order valence-corrected chi connectivity index (χ3v) is 12.9. The molecular formula is C36H27Cl2F5N2O5. The molecule has 2 saturated heterocycles. The molecule has 1 N–H and O–H groups in total. The van der Waals surface area contributed by atoms with E-state index in [1.165, 1.54) is 17.0 Å². The number of aromatic hydroxyl groups is 1. The van der Waals surface area contributed by atoms with Crippen LogP contribution >= 0.6 is 23.2 Å². The lowest BCUT2D eigenvalue weighted by atomic mass is 9.56. The molecule has 2 heterocycles. The number of fused-ring (bicyclic) bond motifs is 5. The zero-order chi connectivity index (χ0) is 35.6. The number of alkyl halides is 2. The van der Waals surface area contributed by atoms with Crippen molar-refractivity contribution in [3.63, 3.8) is 0 Å². The molecule has 5 aliphatic rings. The first-order chi connectivity index (χ1) is 23.8. The molecule has 260 valence electrons. The Morgan fingerprint density at radius 3 is 2.02 bits per heavy atom. The van der Waals surface area contributed by atoms with Crippen LogP contribution in [0.1, 0.15) is 56.4 Å². The van der Waals surface area contributed by atoms with Gasteiger partial charge in [-0.2, -0.15) is 0 Å². The first-order valence-corrected chi connectivity index (χ1v) is 17.1. The van der Waals surface area contributed by atoms with E-state index in [1.807, 2.05) is 0 Å². The maximum Gasteiger partial charge on any atom is 0.258 e. The number of hydrogen-bond acceptors (Lipinski definition) is 5. The summed E-state index contributed by atoms with van der Waals surface area (Å²) in [6.45, 7) is 0. The van der Waals surface area contributed by atoms with Crippen LogP contribution in [0.3, 0.4) is 0 Å². The number of hydrogen-bond donors (Lipinski definition) is 1. The quantitative estimate of drug-likeness (QED) is 0.0772. The first kappa shape index (κ1) is 33.1. The fourth-order valence-electron chi connectivity index (χ4n) is 9.19. The number of likely N-dealkylation sites (tertiary alicyclic amines) is 1. The largest absolute Gasteiger partial charge is 0.507 e. The van der Waals surface area contributed by atoms with E-state index in [0.717, 1.165) is 19.3 Å². The number of amides is 4. The van der Waals surface area contributed by atoms with Gasteiger partial charge in [-0.15, -0.1) is 23.2 Å². The smallest absolute Gasteiger partial charge is 0.258 e. The average Bonchev–Trinajstić information content (AvgIpc) is 3.45. The molecule has 0 bridgehead atoms. The molecule has 3 aromatic carbocycles. The van der Waals surface area contributed by atoms with Gasteiger partial charge in [-0.25, -0.2) is 26.9 Å². The first-order valence-electron chi connectivity index (χ1n) is 16.3. The van der Waals surface area contributed by atoms with Crippen molar-refractivity contribution in [2.24, 2.45) is 17.8 Å². The Bertz CT molecular complexity index is 2080. The zero-order valence-electron chi connectivity index (χ0n) is 26.0. The summed E-state index contributed by atoms with van der Waals surface area (Å²) >= 11 is 14.5. The topological polar surface area (TPSA) is 95.0 Å². The molecule has 4 fully saturated rings. The van der Waals surface area contributed by atoms with E-state index in [4.69, 9.17) is 23.2 Å². The monoisotopic (exact) mass is 732 g/mol. The van der Waals surface area contributed by atoms with Gasteiger partial charge in [0.25, 0.3) is 11.8 Å². The van der Waals surface area contributed by atoms with Crippen molar-refractivity contribution in [2.75, 3.05) is 4.90 Å². The number of anilines is 1. The van der Waals surface area contributed by atoms with E-state index < -0.39 is 92.3 Å². The SMILES string of the molecule is O=C1C2CC=C3C(CC4(Cl)C(=O)N(c5c(F)c(F)c(F)c(F)c5F)C(=O)C4(Cl)C3c3ccc(O)c4ccccc34)C2C(=O)N1C1CCCCC1. The number of rotatable bonds is 3. The fourth-order valence-corrected chi connectivity index (χ4v) is 10.1. The van der Waals surface area contributed by atoms with Crippen LogP contribution < -0.4 is 4.90 Å². The minimum atomic E-state index is -2.64. The molecule has 0 spiro atoms. The van der Waals surface area contributed by atoms with Crippen molar-refractivity contribution >= 4 is 63.3 Å². The van der Waals surface area contributed by atoms with E-state index >= 15 is 8.78 Å². The number of nitrogens with zero attached hydrogens (tertiary/aromatic N) is 2. The summed E-state index contributed by atoms with van der Waals surface area (Å²) in [6.07, 6.45) is 5.10. The molecule has 50 heavy (non-hydrogen) atoms. The van der Waals surface area contributed by atoms with Crippen LogP contribution in [0.4, 0.5) is 27.6 Å². The van der Waals surface area contributed by atoms with Gasteiger partial charge in [0.1, 0.15) is 11.4 Å². The molecule has 3 aliphatic carbocycles. The van der Waals surface area contributed by atoms with E-state index in [9.17, 15) is 37.5 Å². The van der Waals surface area contributed by atoms with E-state index in [1.54, 1.807) is 30.3 Å². The van der Waals surface area contributed by atoms with Crippen LogP contribution in [0, 0.1) is 46.8 Å². The Morgan fingerprint density at radius 1 is 0.740 bits per heavy atom. The van der Waals surface area contributed by atoms with Crippen molar-refractivity contribution in [3.8, 4) is 5.75 Å². The van der Waals surface area contributed by atoms with E-state index in [-0.39, 0.29) is 34.6 Å². The summed E-state index contributed by atoms with van der Waals surface area (Å²) < 4.78 is 73.7. The molecule has 2 saturated carbocycles. The lowest BCUT2D eigenvalue weighted by molar-refractivity contribution is -0.143. The fraction of sp³-hybridized carbons (Fsp3) is 0.389. The molecule has 7 nitrogen and oxygen atoms in total. The highest BCUT2D eigenvalue weighted by atomic mass is 35.5. The van der Waals surface area contributed by atoms with Crippen molar-refractivity contribution in [1.82, 2.24) is 4.90 Å². The van der Waals surface area contributed by atoms with Gasteiger partial charge in [0.15, 0.2) is 33.0 Å². The maximum absolute atomic E-state index is 15.3. The van der Waals surface area contributed by atoms with Crippen molar-refractivity contribution < 1.29 is 46.2 Å². The second-order valence-electron chi connectivity index (χ2n) is 13.8. The molecule has 4 amide bonds. The lowest BCUT2D eigenvalue weighted by Crippen LogP contribution is -2.60. The number of carbonyl (C=O) groups is 4. The van der Waals surface area contributed by atoms with Crippen LogP contribution in [0.5, 0.6) is 5.75 Å². The van der Waals surface area contributed by atoms with Crippen LogP contribution in [-0.4, -0.2) is 49.4 Å². The summed E-state index contributed by atoms with van der Waals surface area (Å²) in [7, 11) is 0. The number of allylic oxidation sites excluding steroid dienone is 2. The number of halogens is 7. The number of carbonyl (C=O) groups excluding carboxylic acids is 4. The Hall–Kier alpha value is -4.03. The molecule has 3 aromatic rings. The highest BCUT2D eigenvalue weighted by Gasteiger charge is 2.77. The second-order valence-corrected chi connectivity index (χ2v) is 15.0. The number of phenolic OH excluding ortho intramolecular Hbond substituents is 1. The minimum Gasteiger partial charge on any atom is -0.507 e. The van der Waals surface area contributed by atoms with Gasteiger partial charge in [0.2, 0.25) is 17.6 Å². The van der Waals surface area contributed by atoms with Gasteiger partial charge in [0, 0.05) is 17.3 Å². The molecule has 6 atom stereocenters. The Morgan fingerprint density at radius 2 is 1.36 bits per heavy atom. The highest BCUT2D eigenvalue weighted by molar-refractivity contribution is 6.58. The molecule has 0 aromatic heterocycles. The summed E-state index contributed by atoms with van der Waals surface area (Å²) in [5.41, 5.74) is -1.22. The van der Waals surface area contributed by atoms with Crippen LogP contribution in [0.15, 0.2) is 48.0 Å². The summed E-state index contributed by atoms with van der Waals surface area (Å²) in [4.78, 5) is 53.0. The molecule has 8 rings (SSSR count). The Kier molecular flexibility index (Phi) is 7.44. The molecule has 0 radical (unpaired) electrons. The summed E-state index contributed by atoms with van der Waals surface area (Å²) in [5, 5.41) is 11.4. The molecular weight excluding hydrogens is 706 g/mol. The number of phenols is 1. The zero-order valence-corrected chi connectivity index (χ0v) is 27.5. The number of imide groups is 2. The van der Waals surface area contributed by atoms with E-state index in [0.29, 0.717) is 29.2 Å². The standard InChI is InChI=1S/C36H27Cl2F5N2O5/c37-35-14-21-19(10-11-20-23(21)32(48)44(31(20)47)15-6-2-1-3-7-15)24(18-12-13-22(46)17-9-5-4-8-16(17)18)36(35,38)34(50)45(33(35)49)30-28(42)26(40)25(39)27(41)29(30)43/h4-5,8-10,12-13,15,20-21,23-24,46H,1-3,6-7,11,14H2. The van der Waals surface area contributed by atoms with Crippen LogP contribution in [0.25, 0.3) is 10.8 Å². The van der Waals surface area contributed by atoms with Crippen molar-refractivity contribution in [3.05, 3.63) is 82.7 Å². The van der Waals surface area contributed by atoms with Gasteiger partial charge in [-0.1, -0.05) is 61.2 Å². The minimum absolute atomic E-state index is 0.0720. The Balaban J connectivity index is 1.35. The molecule has 14 heteroatoms.